The molecule has 0 aromatic carbocycles. The van der Waals surface area contributed by atoms with Crippen LogP contribution in [0.1, 0.15) is 31.2 Å². The van der Waals surface area contributed by atoms with Crippen LogP contribution in [-0.4, -0.2) is 45.7 Å². The molecular weight excluding hydrogens is 332 g/mol. The Hall–Kier alpha value is -1.92. The molecule has 25 heavy (non-hydrogen) atoms. The van der Waals surface area contributed by atoms with Crippen LogP contribution in [0, 0.1) is 6.92 Å². The molecule has 0 N–H and O–H groups in total. The summed E-state index contributed by atoms with van der Waals surface area (Å²) in [6, 6.07) is 6.05. The molecule has 0 unspecified atom stereocenters. The van der Waals surface area contributed by atoms with Gasteiger partial charge >= 0.3 is 0 Å². The topological polar surface area (TPSA) is 42.7 Å². The van der Waals surface area contributed by atoms with Gasteiger partial charge in [0.25, 0.3) is 0 Å². The molecule has 0 radical (unpaired) electrons. The van der Waals surface area contributed by atoms with Crippen LogP contribution < -0.4 is 4.74 Å². The maximum absolute atomic E-state index is 5.89. The second-order valence-corrected chi connectivity index (χ2v) is 7.59. The third-order valence-corrected chi connectivity index (χ3v) is 5.71. The minimum Gasteiger partial charge on any atom is -0.477 e. The van der Waals surface area contributed by atoms with Crippen LogP contribution in [0.5, 0.6) is 5.88 Å². The van der Waals surface area contributed by atoms with Gasteiger partial charge in [-0.15, -0.1) is 16.4 Å². The van der Waals surface area contributed by atoms with Crippen molar-refractivity contribution in [2.24, 2.45) is 0 Å². The summed E-state index contributed by atoms with van der Waals surface area (Å²) < 4.78 is 7.77. The van der Waals surface area contributed by atoms with Crippen LogP contribution in [0.3, 0.4) is 0 Å². The molecule has 4 heterocycles. The summed E-state index contributed by atoms with van der Waals surface area (Å²) in [7, 11) is 0. The average Bonchev–Trinajstić information content (AvgIpc) is 3.25. The minimum atomic E-state index is 0.665. The Kier molecular flexibility index (Phi) is 4.99. The zero-order valence-corrected chi connectivity index (χ0v) is 15.5. The molecule has 1 aliphatic heterocycles. The molecule has 4 rings (SSSR count). The third-order valence-electron chi connectivity index (χ3n) is 4.64. The summed E-state index contributed by atoms with van der Waals surface area (Å²) in [5.41, 5.74) is 3.13. The predicted molar refractivity (Wildman–Crippen MR) is 101 cm³/mol. The lowest BCUT2D eigenvalue weighted by molar-refractivity contribution is 0.202. The maximum Gasteiger partial charge on any atom is 0.231 e. The Bertz CT molecular complexity index is 835. The average molecular weight is 356 g/mol. The summed E-state index contributed by atoms with van der Waals surface area (Å²) in [4.78, 5) is 8.17. The van der Waals surface area contributed by atoms with Crippen LogP contribution >= 0.6 is 11.3 Å². The molecule has 5 nitrogen and oxygen atoms in total. The lowest BCUT2D eigenvalue weighted by atomic mass is 10.1. The number of hydrogen-bond donors (Lipinski definition) is 0. The van der Waals surface area contributed by atoms with Gasteiger partial charge in [-0.3, -0.25) is 0 Å². The first-order chi connectivity index (χ1) is 12.3. The lowest BCUT2D eigenvalue weighted by Gasteiger charge is -2.26. The van der Waals surface area contributed by atoms with Gasteiger partial charge in [-0.05, 0) is 62.4 Å². The number of piperidine rings is 1. The highest BCUT2D eigenvalue weighted by Crippen LogP contribution is 2.27. The first-order valence-electron chi connectivity index (χ1n) is 9.05. The number of hydrogen-bond acceptors (Lipinski definition) is 5. The van der Waals surface area contributed by atoms with E-state index in [1.54, 1.807) is 11.3 Å². The molecule has 0 saturated carbocycles. The normalized spacial score (nSPS) is 15.7. The van der Waals surface area contributed by atoms with Gasteiger partial charge in [-0.25, -0.2) is 9.50 Å². The molecule has 1 saturated heterocycles. The fourth-order valence-electron chi connectivity index (χ4n) is 3.31. The van der Waals surface area contributed by atoms with Gasteiger partial charge in [0, 0.05) is 12.6 Å². The number of thiophene rings is 1. The molecule has 3 aromatic heterocycles. The molecular formula is C19H24N4OS. The van der Waals surface area contributed by atoms with E-state index < -0.39 is 0 Å². The SMILES string of the molecule is Cc1csc(-c2cnc3ccc(OCCCN4CCCCC4)nn23)c1. The third kappa shape index (κ3) is 3.85. The second kappa shape index (κ2) is 7.54. The van der Waals surface area contributed by atoms with E-state index in [1.165, 1.54) is 42.8 Å². The van der Waals surface area contributed by atoms with Crippen molar-refractivity contribution >= 4 is 17.0 Å². The standard InChI is InChI=1S/C19H24N4OS/c1-15-12-17(25-14-15)16-13-20-18-6-7-19(21-23(16)18)24-11-5-10-22-8-3-2-4-9-22/h6-7,12-14H,2-5,8-11H2,1H3. The highest BCUT2D eigenvalue weighted by atomic mass is 32.1. The number of imidazole rings is 1. The Morgan fingerprint density at radius 3 is 2.88 bits per heavy atom. The van der Waals surface area contributed by atoms with E-state index in [9.17, 15) is 0 Å². The molecule has 0 spiro atoms. The van der Waals surface area contributed by atoms with E-state index in [-0.39, 0.29) is 0 Å². The second-order valence-electron chi connectivity index (χ2n) is 6.68. The minimum absolute atomic E-state index is 0.665. The monoisotopic (exact) mass is 356 g/mol. The number of fused-ring (bicyclic) bond motifs is 1. The number of aryl methyl sites for hydroxylation is 1. The Morgan fingerprint density at radius 2 is 2.08 bits per heavy atom. The van der Waals surface area contributed by atoms with Crippen molar-refractivity contribution in [1.29, 1.82) is 0 Å². The van der Waals surface area contributed by atoms with E-state index in [2.05, 4.69) is 33.4 Å². The molecule has 6 heteroatoms. The van der Waals surface area contributed by atoms with E-state index >= 15 is 0 Å². The predicted octanol–water partition coefficient (Wildman–Crippen LogP) is 4.02. The van der Waals surface area contributed by atoms with Gasteiger partial charge in [0.2, 0.25) is 5.88 Å². The summed E-state index contributed by atoms with van der Waals surface area (Å²) in [5, 5.41) is 6.78. The molecule has 3 aromatic rings. The molecule has 0 amide bonds. The fraction of sp³-hybridized carbons (Fsp3) is 0.474. The number of ether oxygens (including phenoxy) is 1. The lowest BCUT2D eigenvalue weighted by Crippen LogP contribution is -2.31. The van der Waals surface area contributed by atoms with E-state index in [4.69, 9.17) is 4.74 Å². The van der Waals surface area contributed by atoms with Crippen molar-refractivity contribution in [3.8, 4) is 16.5 Å². The quantitative estimate of drug-likeness (QED) is 0.626. The number of nitrogens with zero attached hydrogens (tertiary/aromatic N) is 4. The summed E-state index contributed by atoms with van der Waals surface area (Å²) in [6.45, 7) is 6.41. The Balaban J connectivity index is 1.40. The van der Waals surface area contributed by atoms with Gasteiger partial charge in [0.1, 0.15) is 5.69 Å². The molecule has 1 aliphatic rings. The molecule has 1 fully saturated rings. The zero-order chi connectivity index (χ0) is 17.1. The summed E-state index contributed by atoms with van der Waals surface area (Å²) in [5.74, 6) is 0.665. The van der Waals surface area contributed by atoms with E-state index in [0.717, 1.165) is 24.3 Å². The molecule has 0 bridgehead atoms. The largest absolute Gasteiger partial charge is 0.477 e. The van der Waals surface area contributed by atoms with Gasteiger partial charge in [0.05, 0.1) is 17.7 Å². The number of likely N-dealkylation sites (tertiary alicyclic amines) is 1. The highest BCUT2D eigenvalue weighted by Gasteiger charge is 2.11. The van der Waals surface area contributed by atoms with Crippen molar-refractivity contribution in [3.63, 3.8) is 0 Å². The van der Waals surface area contributed by atoms with Crippen LogP contribution in [-0.2, 0) is 0 Å². The Morgan fingerprint density at radius 1 is 1.20 bits per heavy atom. The van der Waals surface area contributed by atoms with Crippen molar-refractivity contribution in [2.45, 2.75) is 32.6 Å². The first kappa shape index (κ1) is 16.5. The van der Waals surface area contributed by atoms with E-state index in [0.29, 0.717) is 12.5 Å². The Labute approximate surface area is 152 Å². The van der Waals surface area contributed by atoms with Crippen molar-refractivity contribution in [2.75, 3.05) is 26.2 Å². The van der Waals surface area contributed by atoms with Crippen LogP contribution in [0.4, 0.5) is 0 Å². The van der Waals surface area contributed by atoms with Crippen molar-refractivity contribution in [3.05, 3.63) is 35.3 Å². The van der Waals surface area contributed by atoms with Gasteiger partial charge in [-0.1, -0.05) is 6.42 Å². The van der Waals surface area contributed by atoms with Crippen LogP contribution in [0.25, 0.3) is 16.2 Å². The van der Waals surface area contributed by atoms with E-state index in [1.807, 2.05) is 22.8 Å². The van der Waals surface area contributed by atoms with Gasteiger partial charge in [-0.2, -0.15) is 0 Å². The summed E-state index contributed by atoms with van der Waals surface area (Å²) in [6.07, 6.45) is 6.98. The van der Waals surface area contributed by atoms with Gasteiger partial charge < -0.3 is 9.64 Å². The van der Waals surface area contributed by atoms with Crippen LogP contribution in [0.2, 0.25) is 0 Å². The fourth-order valence-corrected chi connectivity index (χ4v) is 4.21. The number of aromatic nitrogens is 3. The maximum atomic E-state index is 5.89. The molecule has 132 valence electrons. The van der Waals surface area contributed by atoms with Gasteiger partial charge in [0.15, 0.2) is 5.65 Å². The molecule has 0 atom stereocenters. The highest BCUT2D eigenvalue weighted by molar-refractivity contribution is 7.13. The smallest absolute Gasteiger partial charge is 0.231 e. The number of rotatable bonds is 6. The van der Waals surface area contributed by atoms with Crippen LogP contribution in [0.15, 0.2) is 29.8 Å². The first-order valence-corrected chi connectivity index (χ1v) is 9.93. The summed E-state index contributed by atoms with van der Waals surface area (Å²) >= 11 is 1.72. The zero-order valence-electron chi connectivity index (χ0n) is 14.6. The molecule has 0 aliphatic carbocycles. The van der Waals surface area contributed by atoms with Crippen molar-refractivity contribution < 1.29 is 4.74 Å². The van der Waals surface area contributed by atoms with Crippen molar-refractivity contribution in [1.82, 2.24) is 19.5 Å².